The molecule has 0 bridgehead atoms. The van der Waals surface area contributed by atoms with Crippen molar-refractivity contribution >= 4 is 29.1 Å². The molecule has 0 radical (unpaired) electrons. The van der Waals surface area contributed by atoms with E-state index >= 15 is 0 Å². The molecule has 198 valence electrons. The number of rotatable bonds is 5. The second kappa shape index (κ2) is 10.4. The Morgan fingerprint density at radius 2 is 2.00 bits per heavy atom. The third-order valence-corrected chi connectivity index (χ3v) is 6.48. The van der Waals surface area contributed by atoms with Gasteiger partial charge < -0.3 is 25.4 Å². The van der Waals surface area contributed by atoms with Gasteiger partial charge in [0.15, 0.2) is 11.6 Å². The van der Waals surface area contributed by atoms with Crippen LogP contribution in [0.3, 0.4) is 0 Å². The Kier molecular flexibility index (Phi) is 7.49. The van der Waals surface area contributed by atoms with Crippen LogP contribution < -0.4 is 15.8 Å². The van der Waals surface area contributed by atoms with E-state index in [1.807, 2.05) is 0 Å². The first-order valence-corrected chi connectivity index (χ1v) is 12.6. The second-order valence-electron chi connectivity index (χ2n) is 9.93. The number of nitrogens with two attached hydrogens (primary N) is 1. The third-order valence-electron chi connectivity index (χ3n) is 5.50. The number of alkyl halides is 1. The van der Waals surface area contributed by atoms with Crippen LogP contribution in [0.5, 0.6) is 11.6 Å². The Labute approximate surface area is 218 Å². The molecule has 1 aliphatic rings. The topological polar surface area (TPSA) is 115 Å². The average molecular weight is 533 g/mol. The number of carbonyl (C=O) groups excluding carboxylic acids is 1. The van der Waals surface area contributed by atoms with Gasteiger partial charge in [-0.15, -0.1) is 11.3 Å². The van der Waals surface area contributed by atoms with Crippen LogP contribution in [0, 0.1) is 19.7 Å². The van der Waals surface area contributed by atoms with Crippen molar-refractivity contribution in [3.05, 3.63) is 40.8 Å². The van der Waals surface area contributed by atoms with Gasteiger partial charge in [-0.05, 0) is 52.3 Å². The van der Waals surface area contributed by atoms with Crippen molar-refractivity contribution in [2.45, 2.75) is 58.9 Å². The lowest BCUT2D eigenvalue weighted by Gasteiger charge is -2.36. The van der Waals surface area contributed by atoms with E-state index in [9.17, 15) is 13.6 Å². The molecule has 4 rings (SSSR count). The van der Waals surface area contributed by atoms with Crippen LogP contribution in [0.2, 0.25) is 0 Å². The van der Waals surface area contributed by atoms with E-state index < -0.39 is 29.7 Å². The molecule has 3 heterocycles. The van der Waals surface area contributed by atoms with Crippen molar-refractivity contribution in [2.24, 2.45) is 0 Å². The summed E-state index contributed by atoms with van der Waals surface area (Å²) in [7, 11) is 0. The van der Waals surface area contributed by atoms with Gasteiger partial charge in [-0.25, -0.2) is 28.5 Å². The number of nitrogens with zero attached hydrogens (tertiary/aromatic N) is 4. The number of piperidine rings is 1. The van der Waals surface area contributed by atoms with E-state index in [4.69, 9.17) is 15.2 Å². The molecule has 3 N–H and O–H groups in total. The van der Waals surface area contributed by atoms with E-state index in [-0.39, 0.29) is 37.1 Å². The number of halogens is 2. The van der Waals surface area contributed by atoms with Crippen molar-refractivity contribution in [3.8, 4) is 22.2 Å². The molecule has 2 atom stereocenters. The lowest BCUT2D eigenvalue weighted by atomic mass is 10.0. The van der Waals surface area contributed by atoms with E-state index in [2.05, 4.69) is 20.3 Å². The zero-order valence-corrected chi connectivity index (χ0v) is 22.2. The fourth-order valence-corrected chi connectivity index (χ4v) is 4.66. The summed E-state index contributed by atoms with van der Waals surface area (Å²) in [5, 5.41) is 3.83. The molecule has 1 saturated heterocycles. The minimum atomic E-state index is -1.22. The maximum absolute atomic E-state index is 14.5. The first kappa shape index (κ1) is 26.5. The summed E-state index contributed by atoms with van der Waals surface area (Å²) < 4.78 is 40.2. The number of likely N-dealkylation sites (tertiary alicyclic amines) is 1. The summed E-state index contributed by atoms with van der Waals surface area (Å²) in [4.78, 5) is 27.6. The molecule has 0 unspecified atom stereocenters. The molecule has 1 amide bonds. The van der Waals surface area contributed by atoms with Crippen molar-refractivity contribution < 1.29 is 23.0 Å². The highest BCUT2D eigenvalue weighted by Crippen LogP contribution is 2.38. The number of carbonyl (C=O) groups is 1. The van der Waals surface area contributed by atoms with Crippen LogP contribution in [0.15, 0.2) is 24.4 Å². The van der Waals surface area contributed by atoms with Gasteiger partial charge in [0.05, 0.1) is 17.2 Å². The molecule has 0 saturated carbocycles. The highest BCUT2D eigenvalue weighted by Gasteiger charge is 2.33. The van der Waals surface area contributed by atoms with Crippen LogP contribution in [0.4, 0.5) is 25.2 Å². The predicted molar refractivity (Wildman–Crippen MR) is 138 cm³/mol. The number of amides is 1. The third kappa shape index (κ3) is 6.62. The predicted octanol–water partition coefficient (Wildman–Crippen LogP) is 5.49. The number of hydrogen-bond donors (Lipinski definition) is 2. The SMILES string of the molecule is Cc1nc(Oc2cc(C)c(N)cc2F)c(-c2ccnc(N[C@H]3C[C@H](F)CN(C(=O)OC(C)(C)C)C3)n2)s1. The van der Waals surface area contributed by atoms with Crippen LogP contribution in [-0.2, 0) is 4.74 Å². The van der Waals surface area contributed by atoms with E-state index in [0.29, 0.717) is 26.8 Å². The highest BCUT2D eigenvalue weighted by atomic mass is 32.1. The maximum atomic E-state index is 14.5. The van der Waals surface area contributed by atoms with Gasteiger partial charge in [0.2, 0.25) is 11.8 Å². The minimum absolute atomic E-state index is 0.00378. The summed E-state index contributed by atoms with van der Waals surface area (Å²) in [5.41, 5.74) is 6.61. The van der Waals surface area contributed by atoms with Gasteiger partial charge in [0.1, 0.15) is 16.6 Å². The van der Waals surface area contributed by atoms with Crippen molar-refractivity contribution in [2.75, 3.05) is 24.1 Å². The largest absolute Gasteiger partial charge is 0.444 e. The molecule has 1 fully saturated rings. The van der Waals surface area contributed by atoms with E-state index in [1.165, 1.54) is 28.4 Å². The maximum Gasteiger partial charge on any atom is 0.410 e. The number of nitrogens with one attached hydrogen (secondary N) is 1. The molecule has 2 aromatic heterocycles. The number of aromatic nitrogens is 3. The van der Waals surface area contributed by atoms with Crippen LogP contribution >= 0.6 is 11.3 Å². The second-order valence-corrected chi connectivity index (χ2v) is 11.1. The fraction of sp³-hybridized carbons (Fsp3) is 0.440. The molecular formula is C25H30F2N6O3S. The lowest BCUT2D eigenvalue weighted by Crippen LogP contribution is -2.51. The van der Waals surface area contributed by atoms with Crippen molar-refractivity contribution in [1.29, 1.82) is 0 Å². The Balaban J connectivity index is 1.53. The number of nitrogen functional groups attached to an aromatic ring is 1. The monoisotopic (exact) mass is 532 g/mol. The van der Waals surface area contributed by atoms with Gasteiger partial charge in [-0.3, -0.25) is 0 Å². The first-order valence-electron chi connectivity index (χ1n) is 11.8. The Morgan fingerprint density at radius 3 is 2.73 bits per heavy atom. The Hall–Kier alpha value is -3.54. The molecule has 0 spiro atoms. The fourth-order valence-electron chi connectivity index (χ4n) is 3.85. The molecule has 3 aromatic rings. The highest BCUT2D eigenvalue weighted by molar-refractivity contribution is 7.15. The molecular weight excluding hydrogens is 502 g/mol. The summed E-state index contributed by atoms with van der Waals surface area (Å²) in [5.74, 6) is -0.137. The van der Waals surface area contributed by atoms with E-state index in [1.54, 1.807) is 46.9 Å². The van der Waals surface area contributed by atoms with Gasteiger partial charge in [-0.2, -0.15) is 0 Å². The smallest absolute Gasteiger partial charge is 0.410 e. The average Bonchev–Trinajstić information content (AvgIpc) is 3.16. The van der Waals surface area contributed by atoms with Crippen molar-refractivity contribution in [3.63, 3.8) is 0 Å². The quantitative estimate of drug-likeness (QED) is 0.415. The number of anilines is 2. The molecule has 12 heteroatoms. The first-order chi connectivity index (χ1) is 17.4. The Bertz CT molecular complexity index is 1300. The minimum Gasteiger partial charge on any atom is -0.444 e. The molecule has 37 heavy (non-hydrogen) atoms. The zero-order valence-electron chi connectivity index (χ0n) is 21.3. The number of aryl methyl sites for hydroxylation is 2. The van der Waals surface area contributed by atoms with Gasteiger partial charge in [0, 0.05) is 37.0 Å². The number of thiazole rings is 1. The number of hydrogen-bond acceptors (Lipinski definition) is 9. The standard InChI is InChI=1S/C25H30F2N6O3S/c1-13-8-20(17(27)10-18(13)28)35-22-21(37-14(2)30-22)19-6-7-29-23(32-19)31-16-9-15(26)11-33(12-16)24(34)36-25(3,4)5/h6-8,10,15-16H,9,11-12,28H2,1-5H3,(H,29,31,32)/t15-,16-/m0/s1. The number of benzene rings is 1. The van der Waals surface area contributed by atoms with Crippen LogP contribution in [0.1, 0.15) is 37.8 Å². The van der Waals surface area contributed by atoms with Crippen molar-refractivity contribution in [1.82, 2.24) is 19.9 Å². The molecule has 1 aromatic carbocycles. The van der Waals surface area contributed by atoms with Crippen LogP contribution in [0.25, 0.3) is 10.6 Å². The summed E-state index contributed by atoms with van der Waals surface area (Å²) in [6.07, 6.45) is -0.0389. The lowest BCUT2D eigenvalue weighted by molar-refractivity contribution is 0.0124. The normalized spacial score (nSPS) is 18.0. The number of ether oxygens (including phenoxy) is 2. The summed E-state index contributed by atoms with van der Waals surface area (Å²) in [6.45, 7) is 9.06. The van der Waals surface area contributed by atoms with Gasteiger partial charge in [-0.1, -0.05) is 0 Å². The molecule has 9 nitrogen and oxygen atoms in total. The summed E-state index contributed by atoms with van der Waals surface area (Å²) in [6, 6.07) is 3.99. The zero-order chi connectivity index (χ0) is 26.9. The Morgan fingerprint density at radius 1 is 1.24 bits per heavy atom. The molecule has 1 aliphatic heterocycles. The molecule has 0 aliphatic carbocycles. The van der Waals surface area contributed by atoms with Gasteiger partial charge in [0.25, 0.3) is 0 Å². The summed E-state index contributed by atoms with van der Waals surface area (Å²) >= 11 is 1.33. The van der Waals surface area contributed by atoms with E-state index in [0.717, 1.165) is 0 Å². The van der Waals surface area contributed by atoms with Crippen LogP contribution in [-0.4, -0.2) is 56.8 Å². The van der Waals surface area contributed by atoms with Gasteiger partial charge >= 0.3 is 6.09 Å².